The number of nitrogens with one attached hydrogen (secondary N) is 3. The van der Waals surface area contributed by atoms with Crippen LogP contribution in [0.25, 0.3) is 6.08 Å². The third-order valence-electron chi connectivity index (χ3n) is 8.85. The lowest BCUT2D eigenvalue weighted by Gasteiger charge is -2.30. The van der Waals surface area contributed by atoms with Crippen LogP contribution in [-0.4, -0.2) is 53.4 Å². The summed E-state index contributed by atoms with van der Waals surface area (Å²) in [5, 5.41) is 7.92. The number of benzene rings is 4. The number of thiophene rings is 1. The van der Waals surface area contributed by atoms with Crippen LogP contribution < -0.4 is 16.0 Å². The van der Waals surface area contributed by atoms with Crippen LogP contribution in [0.5, 0.6) is 0 Å². The molecule has 0 bridgehead atoms. The third kappa shape index (κ3) is 11.0. The number of carbonyl (C=O) groups is 5. The van der Waals surface area contributed by atoms with Gasteiger partial charge in [-0.25, -0.2) is 14.0 Å². The highest BCUT2D eigenvalue weighted by molar-refractivity contribution is 8.00. The van der Waals surface area contributed by atoms with Crippen molar-refractivity contribution in [3.8, 4) is 0 Å². The molecule has 1 aliphatic rings. The summed E-state index contributed by atoms with van der Waals surface area (Å²) in [6, 6.07) is 30.2. The van der Waals surface area contributed by atoms with Crippen LogP contribution in [-0.2, 0) is 32.0 Å². The van der Waals surface area contributed by atoms with Gasteiger partial charge in [-0.2, -0.15) is 0 Å². The topological polar surface area (TPSA) is 143 Å². The van der Waals surface area contributed by atoms with Gasteiger partial charge in [-0.1, -0.05) is 72.8 Å². The Morgan fingerprint density at radius 1 is 0.898 bits per heavy atom. The van der Waals surface area contributed by atoms with Gasteiger partial charge in [0.15, 0.2) is 0 Å². The number of hydrogen-bond acceptors (Lipinski definition) is 9. The maximum Gasteiger partial charge on any atom is 0.410 e. The molecule has 1 unspecified atom stereocenters. The van der Waals surface area contributed by atoms with Gasteiger partial charge < -0.3 is 30.3 Å². The van der Waals surface area contributed by atoms with Gasteiger partial charge in [0.2, 0.25) is 5.91 Å². The summed E-state index contributed by atoms with van der Waals surface area (Å²) in [5.41, 5.74) is 1.56. The van der Waals surface area contributed by atoms with E-state index in [1.165, 1.54) is 47.4 Å². The number of rotatable bonds is 12. The minimum absolute atomic E-state index is 0.102. The Kier molecular flexibility index (Phi) is 13.6. The smallest absolute Gasteiger partial charge is 0.410 e. The number of hydrogen-bond donors (Lipinski definition) is 3. The molecule has 304 valence electrons. The first kappa shape index (κ1) is 42.4. The molecule has 3 N–H and O–H groups in total. The first-order valence-corrected chi connectivity index (χ1v) is 20.5. The Morgan fingerprint density at radius 3 is 2.29 bits per heavy atom. The standard InChI is InChI=1S/C45H43FN4O7S2/c1-5-56-43(54)37-33-23-24-50(44(55)57-45(2,3)4)27-36(33)59-42(37)49-41(53)38(28-15-8-6-9-16-28)58-32-21-14-20-31(26-32)47-40(52)35(25-30-19-12-13-22-34(30)46)48-39(51)29-17-10-7-11-18-29/h6-22,25-26,38H,5,23-24,27H2,1-4H3,(H,47,52)(H,48,51)(H,49,53)/b35-25-. The zero-order chi connectivity index (χ0) is 42.1. The van der Waals surface area contributed by atoms with E-state index in [0.717, 1.165) is 10.4 Å². The van der Waals surface area contributed by atoms with E-state index < -0.39 is 46.5 Å². The Labute approximate surface area is 350 Å². The molecule has 0 saturated heterocycles. The highest BCUT2D eigenvalue weighted by Crippen LogP contribution is 2.41. The van der Waals surface area contributed by atoms with E-state index in [1.54, 1.807) is 93.3 Å². The van der Waals surface area contributed by atoms with Crippen molar-refractivity contribution in [2.75, 3.05) is 23.8 Å². The fourth-order valence-corrected chi connectivity index (χ4v) is 8.48. The second-order valence-corrected chi connectivity index (χ2v) is 16.6. The molecule has 0 fully saturated rings. The van der Waals surface area contributed by atoms with Crippen molar-refractivity contribution in [3.05, 3.63) is 153 Å². The number of anilines is 2. The van der Waals surface area contributed by atoms with Gasteiger partial charge in [-0.15, -0.1) is 23.1 Å². The van der Waals surface area contributed by atoms with Crippen LogP contribution >= 0.6 is 23.1 Å². The van der Waals surface area contributed by atoms with E-state index >= 15 is 0 Å². The fourth-order valence-electron chi connectivity index (χ4n) is 6.14. The average molecular weight is 835 g/mol. The largest absolute Gasteiger partial charge is 0.462 e. The van der Waals surface area contributed by atoms with Crippen molar-refractivity contribution in [2.24, 2.45) is 0 Å². The molecule has 0 saturated carbocycles. The highest BCUT2D eigenvalue weighted by Gasteiger charge is 2.34. The molecule has 4 aromatic carbocycles. The molecule has 4 amide bonds. The summed E-state index contributed by atoms with van der Waals surface area (Å²) < 4.78 is 25.7. The number of carbonyl (C=O) groups excluding carboxylic acids is 5. The normalized spacial score (nSPS) is 13.1. The Hall–Kier alpha value is -6.25. The minimum atomic E-state index is -0.823. The van der Waals surface area contributed by atoms with E-state index in [0.29, 0.717) is 39.7 Å². The molecule has 2 heterocycles. The molecular weight excluding hydrogens is 792 g/mol. The Balaban J connectivity index is 1.25. The number of esters is 1. The summed E-state index contributed by atoms with van der Waals surface area (Å²) in [6.45, 7) is 7.76. The lowest BCUT2D eigenvalue weighted by molar-refractivity contribution is -0.116. The molecule has 6 rings (SSSR count). The van der Waals surface area contributed by atoms with Gasteiger partial charge in [0.05, 0.1) is 18.7 Å². The van der Waals surface area contributed by atoms with Gasteiger partial charge >= 0.3 is 12.1 Å². The van der Waals surface area contributed by atoms with Crippen molar-refractivity contribution in [3.63, 3.8) is 0 Å². The van der Waals surface area contributed by atoms with Crippen molar-refractivity contribution >= 4 is 69.6 Å². The molecule has 5 aromatic rings. The quantitative estimate of drug-likeness (QED) is 0.0642. The lowest BCUT2D eigenvalue weighted by atomic mass is 10.0. The third-order valence-corrected chi connectivity index (χ3v) is 11.2. The van der Waals surface area contributed by atoms with Crippen LogP contribution in [0.15, 0.2) is 120 Å². The summed E-state index contributed by atoms with van der Waals surface area (Å²) >= 11 is 2.44. The number of ether oxygens (including phenoxy) is 2. The van der Waals surface area contributed by atoms with E-state index in [4.69, 9.17) is 9.47 Å². The molecule has 1 aliphatic heterocycles. The maximum atomic E-state index is 14.7. The maximum absolute atomic E-state index is 14.7. The lowest BCUT2D eigenvalue weighted by Crippen LogP contribution is -2.39. The molecule has 1 aromatic heterocycles. The van der Waals surface area contributed by atoms with E-state index in [2.05, 4.69) is 16.0 Å². The van der Waals surface area contributed by atoms with Gasteiger partial charge in [-0.05, 0) is 87.7 Å². The molecule has 0 radical (unpaired) electrons. The Bertz CT molecular complexity index is 2380. The second kappa shape index (κ2) is 19.0. The van der Waals surface area contributed by atoms with Gasteiger partial charge in [-0.3, -0.25) is 14.4 Å². The van der Waals surface area contributed by atoms with Gasteiger partial charge in [0.1, 0.15) is 27.4 Å². The fraction of sp³-hybridized carbons (Fsp3) is 0.222. The number of halogens is 1. The molecular formula is C45H43FN4O7S2. The SMILES string of the molecule is CCOC(=O)c1c(NC(=O)C(Sc2cccc(NC(=O)/C(=C/c3ccccc3F)NC(=O)c3ccccc3)c2)c2ccccc2)sc2c1CCN(C(=O)OC(C)(C)C)C2. The highest BCUT2D eigenvalue weighted by atomic mass is 32.2. The summed E-state index contributed by atoms with van der Waals surface area (Å²) in [5.74, 6) is -2.81. The predicted octanol–water partition coefficient (Wildman–Crippen LogP) is 9.24. The van der Waals surface area contributed by atoms with E-state index in [9.17, 15) is 28.4 Å². The van der Waals surface area contributed by atoms with E-state index in [-0.39, 0.29) is 30.0 Å². The first-order valence-electron chi connectivity index (χ1n) is 18.9. The van der Waals surface area contributed by atoms with Crippen LogP contribution in [0.2, 0.25) is 0 Å². The Morgan fingerprint density at radius 2 is 1.59 bits per heavy atom. The molecule has 59 heavy (non-hydrogen) atoms. The summed E-state index contributed by atoms with van der Waals surface area (Å²) in [6.07, 6.45) is 1.17. The van der Waals surface area contributed by atoms with Crippen LogP contribution in [0.3, 0.4) is 0 Å². The van der Waals surface area contributed by atoms with E-state index in [1.807, 2.05) is 30.3 Å². The van der Waals surface area contributed by atoms with Gasteiger partial charge in [0, 0.05) is 33.1 Å². The van der Waals surface area contributed by atoms with Crippen LogP contribution in [0.4, 0.5) is 19.9 Å². The molecule has 14 heteroatoms. The van der Waals surface area contributed by atoms with Crippen molar-refractivity contribution < 1.29 is 37.8 Å². The monoisotopic (exact) mass is 834 g/mol. The average Bonchev–Trinajstić information content (AvgIpc) is 3.57. The zero-order valence-corrected chi connectivity index (χ0v) is 34.5. The number of thioether (sulfide) groups is 1. The molecule has 11 nitrogen and oxygen atoms in total. The number of amides is 4. The number of nitrogens with zero attached hydrogens (tertiary/aromatic N) is 1. The van der Waals surface area contributed by atoms with Crippen LogP contribution in [0, 0.1) is 5.82 Å². The van der Waals surface area contributed by atoms with Crippen LogP contribution in [0.1, 0.15) is 75.2 Å². The molecule has 0 aliphatic carbocycles. The first-order chi connectivity index (χ1) is 28.3. The van der Waals surface area contributed by atoms with Crippen molar-refractivity contribution in [1.29, 1.82) is 0 Å². The summed E-state index contributed by atoms with van der Waals surface area (Å²) in [4.78, 5) is 70.5. The number of fused-ring (bicyclic) bond motifs is 1. The van der Waals surface area contributed by atoms with Crippen molar-refractivity contribution in [1.82, 2.24) is 10.2 Å². The second-order valence-electron chi connectivity index (χ2n) is 14.4. The predicted molar refractivity (Wildman–Crippen MR) is 228 cm³/mol. The molecule has 0 spiro atoms. The zero-order valence-electron chi connectivity index (χ0n) is 32.9. The van der Waals surface area contributed by atoms with Gasteiger partial charge in [0.25, 0.3) is 11.8 Å². The molecule has 1 atom stereocenters. The summed E-state index contributed by atoms with van der Waals surface area (Å²) in [7, 11) is 0. The minimum Gasteiger partial charge on any atom is -0.462 e. The van der Waals surface area contributed by atoms with Crippen molar-refractivity contribution in [2.45, 2.75) is 56.4 Å².